The lowest BCUT2D eigenvalue weighted by atomic mass is 10.1. The second-order valence-corrected chi connectivity index (χ2v) is 7.24. The average Bonchev–Trinajstić information content (AvgIpc) is 2.74. The minimum atomic E-state index is -0.0260. The van der Waals surface area contributed by atoms with Crippen molar-refractivity contribution in [1.29, 1.82) is 5.26 Å². The van der Waals surface area contributed by atoms with Crippen LogP contribution in [0.25, 0.3) is 0 Å². The maximum Gasteiger partial charge on any atom is 0.253 e. The van der Waals surface area contributed by atoms with Crippen molar-refractivity contribution in [2.75, 3.05) is 18.8 Å². The SMILES string of the molecule is CCN(CC)C(=O)c1ccc(CNC(=O)CSCc2ccc(C#N)cc2)cc1. The predicted octanol–water partition coefficient (Wildman–Crippen LogP) is 3.59. The number of nitrogens with zero attached hydrogens (tertiary/aromatic N) is 2. The number of carbonyl (C=O) groups is 2. The first-order chi connectivity index (χ1) is 13.6. The Morgan fingerprint density at radius 2 is 1.61 bits per heavy atom. The van der Waals surface area contributed by atoms with Crippen molar-refractivity contribution >= 4 is 23.6 Å². The van der Waals surface area contributed by atoms with Crippen LogP contribution in [-0.2, 0) is 17.1 Å². The molecule has 0 spiro atoms. The molecule has 0 aliphatic carbocycles. The van der Waals surface area contributed by atoms with E-state index < -0.39 is 0 Å². The van der Waals surface area contributed by atoms with Gasteiger partial charge in [-0.2, -0.15) is 5.26 Å². The van der Waals surface area contributed by atoms with Gasteiger partial charge < -0.3 is 10.2 Å². The van der Waals surface area contributed by atoms with E-state index in [-0.39, 0.29) is 11.8 Å². The van der Waals surface area contributed by atoms with Gasteiger partial charge >= 0.3 is 0 Å². The standard InChI is InChI=1S/C22H25N3O2S/c1-3-25(4-2)22(27)20-11-9-18(10-12-20)14-24-21(26)16-28-15-19-7-5-17(13-23)6-8-19/h5-12H,3-4,14-16H2,1-2H3,(H,24,26). The molecule has 0 aliphatic rings. The Bertz CT molecular complexity index is 822. The number of nitrogens with one attached hydrogen (secondary N) is 1. The molecular formula is C22H25N3O2S. The van der Waals surface area contributed by atoms with Crippen LogP contribution in [0, 0.1) is 11.3 Å². The lowest BCUT2D eigenvalue weighted by Gasteiger charge is -2.18. The molecule has 0 saturated carbocycles. The number of carbonyl (C=O) groups excluding carboxylic acids is 2. The van der Waals surface area contributed by atoms with Gasteiger partial charge in [-0.05, 0) is 49.2 Å². The first-order valence-electron chi connectivity index (χ1n) is 9.29. The smallest absolute Gasteiger partial charge is 0.253 e. The van der Waals surface area contributed by atoms with Gasteiger partial charge in [0.1, 0.15) is 0 Å². The molecule has 0 aliphatic heterocycles. The lowest BCUT2D eigenvalue weighted by Crippen LogP contribution is -2.30. The third-order valence-corrected chi connectivity index (χ3v) is 5.33. The Morgan fingerprint density at radius 3 is 2.18 bits per heavy atom. The number of hydrogen-bond acceptors (Lipinski definition) is 4. The molecule has 2 aromatic carbocycles. The Hall–Kier alpha value is -2.78. The molecule has 6 heteroatoms. The largest absolute Gasteiger partial charge is 0.351 e. The molecule has 0 heterocycles. The lowest BCUT2D eigenvalue weighted by molar-refractivity contribution is -0.118. The summed E-state index contributed by atoms with van der Waals surface area (Å²) in [6, 6.07) is 16.8. The summed E-state index contributed by atoms with van der Waals surface area (Å²) in [5, 5.41) is 11.7. The van der Waals surface area contributed by atoms with E-state index in [2.05, 4.69) is 11.4 Å². The summed E-state index contributed by atoms with van der Waals surface area (Å²) < 4.78 is 0. The van der Waals surface area contributed by atoms with Crippen molar-refractivity contribution in [3.05, 3.63) is 70.8 Å². The van der Waals surface area contributed by atoms with Crippen LogP contribution in [0.15, 0.2) is 48.5 Å². The minimum Gasteiger partial charge on any atom is -0.351 e. The van der Waals surface area contributed by atoms with E-state index in [0.717, 1.165) is 16.9 Å². The highest BCUT2D eigenvalue weighted by Gasteiger charge is 2.12. The minimum absolute atomic E-state index is 0.0260. The fourth-order valence-electron chi connectivity index (χ4n) is 2.65. The Morgan fingerprint density at radius 1 is 1.00 bits per heavy atom. The van der Waals surface area contributed by atoms with Gasteiger partial charge in [-0.3, -0.25) is 9.59 Å². The zero-order valence-electron chi connectivity index (χ0n) is 16.3. The normalized spacial score (nSPS) is 10.2. The van der Waals surface area contributed by atoms with E-state index in [1.807, 2.05) is 50.2 Å². The third-order valence-electron chi connectivity index (χ3n) is 4.33. The maximum atomic E-state index is 12.3. The van der Waals surface area contributed by atoms with E-state index in [4.69, 9.17) is 5.26 Å². The summed E-state index contributed by atoms with van der Waals surface area (Å²) in [5.74, 6) is 1.10. The molecule has 0 saturated heterocycles. The third kappa shape index (κ3) is 6.43. The fraction of sp³-hybridized carbons (Fsp3) is 0.318. The molecule has 2 aromatic rings. The van der Waals surface area contributed by atoms with Gasteiger partial charge in [-0.1, -0.05) is 24.3 Å². The summed E-state index contributed by atoms with van der Waals surface area (Å²) >= 11 is 1.53. The molecule has 0 fully saturated rings. The van der Waals surface area contributed by atoms with Gasteiger partial charge in [0.2, 0.25) is 5.91 Å². The number of amides is 2. The highest BCUT2D eigenvalue weighted by Crippen LogP contribution is 2.13. The highest BCUT2D eigenvalue weighted by atomic mass is 32.2. The zero-order chi connectivity index (χ0) is 20.4. The van der Waals surface area contributed by atoms with E-state index in [0.29, 0.717) is 36.5 Å². The Labute approximate surface area is 170 Å². The van der Waals surface area contributed by atoms with Crippen LogP contribution >= 0.6 is 11.8 Å². The Kier molecular flexibility index (Phi) is 8.57. The van der Waals surface area contributed by atoms with Gasteiger partial charge in [0.25, 0.3) is 5.91 Å². The Balaban J connectivity index is 1.74. The van der Waals surface area contributed by atoms with Crippen molar-refractivity contribution in [1.82, 2.24) is 10.2 Å². The van der Waals surface area contributed by atoms with Gasteiger partial charge in [0, 0.05) is 31.0 Å². The zero-order valence-corrected chi connectivity index (χ0v) is 17.1. The summed E-state index contributed by atoms with van der Waals surface area (Å²) in [6.07, 6.45) is 0. The molecule has 5 nitrogen and oxygen atoms in total. The summed E-state index contributed by atoms with van der Waals surface area (Å²) in [4.78, 5) is 26.1. The van der Waals surface area contributed by atoms with Gasteiger partial charge in [0.05, 0.1) is 17.4 Å². The van der Waals surface area contributed by atoms with E-state index in [1.54, 1.807) is 17.0 Å². The van der Waals surface area contributed by atoms with Crippen molar-refractivity contribution in [2.45, 2.75) is 26.1 Å². The number of thioether (sulfide) groups is 1. The monoisotopic (exact) mass is 395 g/mol. The quantitative estimate of drug-likeness (QED) is 0.704. The van der Waals surface area contributed by atoms with Crippen molar-refractivity contribution in [3.63, 3.8) is 0 Å². The van der Waals surface area contributed by atoms with Crippen molar-refractivity contribution < 1.29 is 9.59 Å². The highest BCUT2D eigenvalue weighted by molar-refractivity contribution is 7.99. The van der Waals surface area contributed by atoms with Crippen LogP contribution in [0.3, 0.4) is 0 Å². The van der Waals surface area contributed by atoms with Crippen LogP contribution in [0.5, 0.6) is 0 Å². The number of rotatable bonds is 9. The molecular weight excluding hydrogens is 370 g/mol. The first kappa shape index (κ1) is 21.5. The van der Waals surface area contributed by atoms with Crippen molar-refractivity contribution in [2.24, 2.45) is 0 Å². The topological polar surface area (TPSA) is 73.2 Å². The van der Waals surface area contributed by atoms with Gasteiger partial charge in [-0.15, -0.1) is 11.8 Å². The van der Waals surface area contributed by atoms with E-state index in [9.17, 15) is 9.59 Å². The molecule has 2 amide bonds. The number of benzene rings is 2. The molecule has 0 aromatic heterocycles. The average molecular weight is 396 g/mol. The van der Waals surface area contributed by atoms with Crippen LogP contribution < -0.4 is 5.32 Å². The second-order valence-electron chi connectivity index (χ2n) is 6.25. The number of hydrogen-bond donors (Lipinski definition) is 1. The molecule has 28 heavy (non-hydrogen) atoms. The number of nitriles is 1. The predicted molar refractivity (Wildman–Crippen MR) is 113 cm³/mol. The molecule has 146 valence electrons. The molecule has 2 rings (SSSR count). The van der Waals surface area contributed by atoms with E-state index >= 15 is 0 Å². The summed E-state index contributed by atoms with van der Waals surface area (Å²) in [7, 11) is 0. The summed E-state index contributed by atoms with van der Waals surface area (Å²) in [5.41, 5.74) is 3.35. The van der Waals surface area contributed by atoms with E-state index in [1.165, 1.54) is 11.8 Å². The van der Waals surface area contributed by atoms with Crippen molar-refractivity contribution in [3.8, 4) is 6.07 Å². The fourth-order valence-corrected chi connectivity index (χ4v) is 3.47. The van der Waals surface area contributed by atoms with Gasteiger partial charge in [0.15, 0.2) is 0 Å². The van der Waals surface area contributed by atoms with Gasteiger partial charge in [-0.25, -0.2) is 0 Å². The summed E-state index contributed by atoms with van der Waals surface area (Å²) in [6.45, 7) is 5.74. The maximum absolute atomic E-state index is 12.3. The second kappa shape index (κ2) is 11.2. The molecule has 1 N–H and O–H groups in total. The molecule has 0 radical (unpaired) electrons. The molecule has 0 unspecified atom stereocenters. The van der Waals surface area contributed by atoms with Crippen LogP contribution in [0.4, 0.5) is 0 Å². The van der Waals surface area contributed by atoms with Crippen LogP contribution in [-0.4, -0.2) is 35.6 Å². The van der Waals surface area contributed by atoms with Crippen LogP contribution in [0.1, 0.15) is 40.9 Å². The molecule has 0 atom stereocenters. The first-order valence-corrected chi connectivity index (χ1v) is 10.4. The molecule has 0 bridgehead atoms. The van der Waals surface area contributed by atoms with Crippen LogP contribution in [0.2, 0.25) is 0 Å².